The molecule has 3 rings (SSSR count). The van der Waals surface area contributed by atoms with Crippen molar-refractivity contribution >= 4 is 28.8 Å². The molecule has 2 aliphatic rings. The summed E-state index contributed by atoms with van der Waals surface area (Å²) in [6.45, 7) is 6.25. The first kappa shape index (κ1) is 26.8. The smallest absolute Gasteiger partial charge is 0.416 e. The highest BCUT2D eigenvalue weighted by molar-refractivity contribution is 8.16. The van der Waals surface area contributed by atoms with Crippen LogP contribution < -0.4 is 5.32 Å². The maximum atomic E-state index is 13.2. The van der Waals surface area contributed by atoms with E-state index >= 15 is 0 Å². The number of amidine groups is 1. The number of aliphatic imine (C=N–C) groups is 1. The lowest BCUT2D eigenvalue weighted by molar-refractivity contribution is -0.143. The molecule has 0 radical (unpaired) electrons. The van der Waals surface area contributed by atoms with Gasteiger partial charge in [-0.15, -0.1) is 0 Å². The first-order valence-electron chi connectivity index (χ1n) is 11.1. The van der Waals surface area contributed by atoms with E-state index in [1.165, 1.54) is 23.9 Å². The van der Waals surface area contributed by atoms with Gasteiger partial charge in [0, 0.05) is 18.8 Å². The molecule has 0 aromatic heterocycles. The summed E-state index contributed by atoms with van der Waals surface area (Å²) in [4.78, 5) is 33.9. The summed E-state index contributed by atoms with van der Waals surface area (Å²) in [5, 5.41) is 5.19. The molecule has 1 N–H and O–H groups in total. The van der Waals surface area contributed by atoms with E-state index in [0.717, 1.165) is 12.1 Å². The van der Waals surface area contributed by atoms with E-state index in [9.17, 15) is 22.8 Å². The van der Waals surface area contributed by atoms with Crippen LogP contribution in [0.2, 0.25) is 0 Å². The molecule has 35 heavy (non-hydrogen) atoms. The van der Waals surface area contributed by atoms with Crippen molar-refractivity contribution in [3.8, 4) is 0 Å². The predicted octanol–water partition coefficient (Wildman–Crippen LogP) is 4.30. The number of hydrogen-bond acceptors (Lipinski definition) is 7. The van der Waals surface area contributed by atoms with Gasteiger partial charge in [0.15, 0.2) is 5.17 Å². The number of benzene rings is 1. The maximum absolute atomic E-state index is 13.2. The zero-order chi connectivity index (χ0) is 25.9. The second kappa shape index (κ2) is 10.9. The fraction of sp³-hybridized carbons (Fsp3) is 0.458. The van der Waals surface area contributed by atoms with Gasteiger partial charge in [-0.2, -0.15) is 13.2 Å². The summed E-state index contributed by atoms with van der Waals surface area (Å²) >= 11 is 1.30. The first-order valence-corrected chi connectivity index (χ1v) is 12.0. The Morgan fingerprint density at radius 1 is 1.23 bits per heavy atom. The molecule has 1 aromatic rings. The van der Waals surface area contributed by atoms with Gasteiger partial charge in [0.05, 0.1) is 35.4 Å². The number of ether oxygens (including phenoxy) is 1. The second-order valence-electron chi connectivity index (χ2n) is 8.80. The van der Waals surface area contributed by atoms with Crippen LogP contribution in [-0.2, 0) is 20.5 Å². The third-order valence-electron chi connectivity index (χ3n) is 5.34. The highest BCUT2D eigenvalue weighted by atomic mass is 32.2. The summed E-state index contributed by atoms with van der Waals surface area (Å²) in [6.07, 6.45) is -4.85. The number of rotatable bonds is 8. The van der Waals surface area contributed by atoms with Crippen LogP contribution in [0.25, 0.3) is 0 Å². The van der Waals surface area contributed by atoms with Crippen LogP contribution in [0, 0.1) is 0 Å². The number of carbonyl (C=O) groups excluding carboxylic acids is 2. The standard InChI is InChI=1S/C24H29F3N4O3S/c1-14(2)34-22(33)20-15(3)29-23-31(18(13-35-23)12-19(32)28-10-11-30(4)5)21(20)16-6-8-17(9-7-16)24(25,26)27/h6-9,13-14,21H,10-12H2,1-5H3,(H,28,32). The van der Waals surface area contributed by atoms with Crippen molar-refractivity contribution in [2.24, 2.45) is 4.99 Å². The highest BCUT2D eigenvalue weighted by Crippen LogP contribution is 2.45. The van der Waals surface area contributed by atoms with Gasteiger partial charge >= 0.3 is 12.1 Å². The minimum Gasteiger partial charge on any atom is -0.459 e. The van der Waals surface area contributed by atoms with Gasteiger partial charge in [0.25, 0.3) is 0 Å². The normalized spacial score (nSPS) is 18.0. The molecule has 1 unspecified atom stereocenters. The summed E-state index contributed by atoms with van der Waals surface area (Å²) in [5.74, 6) is -0.805. The minimum atomic E-state index is -4.48. The minimum absolute atomic E-state index is 0.0299. The number of alkyl halides is 3. The molecule has 190 valence electrons. The van der Waals surface area contributed by atoms with Crippen LogP contribution in [0.4, 0.5) is 13.2 Å². The summed E-state index contributed by atoms with van der Waals surface area (Å²) < 4.78 is 45.0. The van der Waals surface area contributed by atoms with Gasteiger partial charge in [-0.05, 0) is 58.0 Å². The number of fused-ring (bicyclic) bond motifs is 1. The summed E-state index contributed by atoms with van der Waals surface area (Å²) in [5.41, 5.74) is 0.919. The van der Waals surface area contributed by atoms with Crippen molar-refractivity contribution in [2.75, 3.05) is 27.2 Å². The van der Waals surface area contributed by atoms with E-state index in [1.54, 1.807) is 31.1 Å². The van der Waals surface area contributed by atoms with Crippen molar-refractivity contribution in [1.82, 2.24) is 15.1 Å². The molecule has 0 fully saturated rings. The average molecular weight is 511 g/mol. The molecule has 1 amide bonds. The predicted molar refractivity (Wildman–Crippen MR) is 129 cm³/mol. The van der Waals surface area contributed by atoms with E-state index in [-0.39, 0.29) is 17.9 Å². The van der Waals surface area contributed by atoms with E-state index in [2.05, 4.69) is 10.3 Å². The maximum Gasteiger partial charge on any atom is 0.416 e. The van der Waals surface area contributed by atoms with Gasteiger partial charge in [-0.3, -0.25) is 4.79 Å². The fourth-order valence-electron chi connectivity index (χ4n) is 3.72. The van der Waals surface area contributed by atoms with Gasteiger partial charge in [0.2, 0.25) is 5.91 Å². The molecule has 0 spiro atoms. The third kappa shape index (κ3) is 6.46. The molecule has 0 bridgehead atoms. The molecule has 0 saturated carbocycles. The zero-order valence-corrected chi connectivity index (χ0v) is 21.1. The number of likely N-dealkylation sites (N-methyl/N-ethyl adjacent to an activating group) is 1. The van der Waals surface area contributed by atoms with Gasteiger partial charge < -0.3 is 19.9 Å². The first-order chi connectivity index (χ1) is 16.4. The topological polar surface area (TPSA) is 74.2 Å². The second-order valence-corrected chi connectivity index (χ2v) is 9.63. The summed E-state index contributed by atoms with van der Waals surface area (Å²) in [7, 11) is 3.81. The van der Waals surface area contributed by atoms with E-state index < -0.39 is 29.9 Å². The van der Waals surface area contributed by atoms with Crippen LogP contribution in [0.5, 0.6) is 0 Å². The zero-order valence-electron chi connectivity index (χ0n) is 20.3. The van der Waals surface area contributed by atoms with E-state index in [1.807, 2.05) is 19.0 Å². The lowest BCUT2D eigenvalue weighted by Crippen LogP contribution is -2.39. The number of nitrogens with one attached hydrogen (secondary N) is 1. The highest BCUT2D eigenvalue weighted by Gasteiger charge is 2.41. The molecule has 0 aliphatic carbocycles. The van der Waals surface area contributed by atoms with E-state index in [0.29, 0.717) is 35.2 Å². The van der Waals surface area contributed by atoms with Crippen LogP contribution in [0.15, 0.2) is 51.6 Å². The Labute approximate surface area is 207 Å². The molecular formula is C24H29F3N4O3S. The van der Waals surface area contributed by atoms with Crippen LogP contribution in [0.3, 0.4) is 0 Å². The Hall–Kier alpha value is -2.79. The molecule has 1 atom stereocenters. The van der Waals surface area contributed by atoms with Crippen LogP contribution in [-0.4, -0.2) is 60.1 Å². The molecule has 0 saturated heterocycles. The lowest BCUT2D eigenvalue weighted by Gasteiger charge is -2.36. The van der Waals surface area contributed by atoms with Gasteiger partial charge in [0.1, 0.15) is 0 Å². The Morgan fingerprint density at radius 3 is 2.46 bits per heavy atom. The van der Waals surface area contributed by atoms with E-state index in [4.69, 9.17) is 4.74 Å². The van der Waals surface area contributed by atoms with Crippen LogP contribution in [0.1, 0.15) is 44.4 Å². The number of carbonyl (C=O) groups is 2. The largest absolute Gasteiger partial charge is 0.459 e. The van der Waals surface area contributed by atoms with Crippen LogP contribution >= 0.6 is 11.8 Å². The fourth-order valence-corrected chi connectivity index (χ4v) is 4.69. The van der Waals surface area contributed by atoms with Crippen molar-refractivity contribution in [3.05, 3.63) is 57.8 Å². The van der Waals surface area contributed by atoms with Crippen molar-refractivity contribution < 1.29 is 27.5 Å². The van der Waals surface area contributed by atoms with Crippen molar-refractivity contribution in [1.29, 1.82) is 0 Å². The molecule has 11 heteroatoms. The average Bonchev–Trinajstić information content (AvgIpc) is 3.13. The Morgan fingerprint density at radius 2 is 1.89 bits per heavy atom. The Balaban J connectivity index is 1.97. The lowest BCUT2D eigenvalue weighted by atomic mass is 9.93. The molecule has 7 nitrogen and oxygen atoms in total. The molecule has 2 heterocycles. The number of halogens is 3. The van der Waals surface area contributed by atoms with Gasteiger partial charge in [-0.1, -0.05) is 23.9 Å². The number of esters is 1. The van der Waals surface area contributed by atoms with Crippen molar-refractivity contribution in [3.63, 3.8) is 0 Å². The molecular weight excluding hydrogens is 481 g/mol. The number of hydrogen-bond donors (Lipinski definition) is 1. The molecule has 1 aromatic carbocycles. The number of nitrogens with zero attached hydrogens (tertiary/aromatic N) is 3. The number of allylic oxidation sites excluding steroid dienone is 1. The molecule has 2 aliphatic heterocycles. The quantitative estimate of drug-likeness (QED) is 0.526. The Kier molecular flexibility index (Phi) is 8.32. The SMILES string of the molecule is CC1=C(C(=O)OC(C)C)C(c2ccc(C(F)(F)F)cc2)N2C(CC(=O)NCCN(C)C)=CSC2=N1. The number of amides is 1. The van der Waals surface area contributed by atoms with Crippen molar-refractivity contribution in [2.45, 2.75) is 45.5 Å². The Bertz CT molecular complexity index is 1060. The number of thioether (sulfide) groups is 1. The summed E-state index contributed by atoms with van der Waals surface area (Å²) in [6, 6.07) is 3.89. The van der Waals surface area contributed by atoms with Gasteiger partial charge in [-0.25, -0.2) is 9.79 Å². The monoisotopic (exact) mass is 510 g/mol. The third-order valence-corrected chi connectivity index (χ3v) is 6.23.